The number of carbonyl (C=O) groups is 3. The standard InChI is InChI=1S/C13H21N3O5/c1-8(6-11(17)18)14-13(20)16-4-5-21-7-10(16)12(19)15-9-2-3-9/h8-10H,2-7H2,1H3,(H,14,20)(H,15,19)(H,17,18). The molecule has 2 atom stereocenters. The zero-order chi connectivity index (χ0) is 15.4. The highest BCUT2D eigenvalue weighted by Gasteiger charge is 2.35. The number of ether oxygens (including phenoxy) is 1. The Hall–Kier alpha value is -1.83. The first-order chi connectivity index (χ1) is 9.97. The van der Waals surface area contributed by atoms with Crippen molar-refractivity contribution in [2.75, 3.05) is 19.8 Å². The molecule has 0 aromatic heterocycles. The Morgan fingerprint density at radius 2 is 2.10 bits per heavy atom. The first-order valence-electron chi connectivity index (χ1n) is 7.14. The third kappa shape index (κ3) is 4.59. The maximum Gasteiger partial charge on any atom is 0.318 e. The molecule has 2 rings (SSSR count). The summed E-state index contributed by atoms with van der Waals surface area (Å²) in [5.74, 6) is -1.19. The molecule has 3 N–H and O–H groups in total. The molecule has 2 unspecified atom stereocenters. The third-order valence-electron chi connectivity index (χ3n) is 3.47. The van der Waals surface area contributed by atoms with Gasteiger partial charge in [0.05, 0.1) is 19.6 Å². The smallest absolute Gasteiger partial charge is 0.318 e. The summed E-state index contributed by atoms with van der Waals surface area (Å²) < 4.78 is 5.28. The minimum Gasteiger partial charge on any atom is -0.481 e. The van der Waals surface area contributed by atoms with Crippen LogP contribution in [0.15, 0.2) is 0 Å². The first kappa shape index (κ1) is 15.6. The molecule has 0 aromatic rings. The van der Waals surface area contributed by atoms with Crippen LogP contribution in [0.5, 0.6) is 0 Å². The Kier molecular flexibility index (Phi) is 5.00. The van der Waals surface area contributed by atoms with E-state index < -0.39 is 24.1 Å². The van der Waals surface area contributed by atoms with E-state index in [4.69, 9.17) is 9.84 Å². The number of morpholine rings is 1. The maximum absolute atomic E-state index is 12.2. The van der Waals surface area contributed by atoms with Gasteiger partial charge in [-0.05, 0) is 19.8 Å². The first-order valence-corrected chi connectivity index (χ1v) is 7.14. The molecule has 1 saturated carbocycles. The summed E-state index contributed by atoms with van der Waals surface area (Å²) in [5, 5.41) is 14.2. The fourth-order valence-electron chi connectivity index (χ4n) is 2.20. The quantitative estimate of drug-likeness (QED) is 0.636. The van der Waals surface area contributed by atoms with Crippen molar-refractivity contribution in [2.45, 2.75) is 44.3 Å². The van der Waals surface area contributed by atoms with E-state index in [1.54, 1.807) is 6.92 Å². The van der Waals surface area contributed by atoms with Crippen molar-refractivity contribution in [1.29, 1.82) is 0 Å². The number of hydrogen-bond donors (Lipinski definition) is 3. The lowest BCUT2D eigenvalue weighted by Gasteiger charge is -2.35. The molecule has 1 heterocycles. The van der Waals surface area contributed by atoms with Crippen LogP contribution in [-0.2, 0) is 14.3 Å². The average Bonchev–Trinajstić information content (AvgIpc) is 3.21. The number of carbonyl (C=O) groups excluding carboxylic acids is 2. The number of carboxylic acids is 1. The van der Waals surface area contributed by atoms with Gasteiger partial charge in [-0.15, -0.1) is 0 Å². The normalized spacial score (nSPS) is 23.3. The summed E-state index contributed by atoms with van der Waals surface area (Å²) in [4.78, 5) is 36.3. The van der Waals surface area contributed by atoms with Gasteiger partial charge < -0.3 is 25.4 Å². The van der Waals surface area contributed by atoms with E-state index >= 15 is 0 Å². The highest BCUT2D eigenvalue weighted by Crippen LogP contribution is 2.19. The predicted molar refractivity (Wildman–Crippen MR) is 72.7 cm³/mol. The average molecular weight is 299 g/mol. The monoisotopic (exact) mass is 299 g/mol. The van der Waals surface area contributed by atoms with Gasteiger partial charge >= 0.3 is 12.0 Å². The number of urea groups is 1. The Balaban J connectivity index is 1.91. The van der Waals surface area contributed by atoms with Gasteiger partial charge in [-0.3, -0.25) is 9.59 Å². The summed E-state index contributed by atoms with van der Waals surface area (Å²) >= 11 is 0. The summed E-state index contributed by atoms with van der Waals surface area (Å²) in [6, 6.07) is -1.36. The molecule has 0 bridgehead atoms. The zero-order valence-electron chi connectivity index (χ0n) is 12.0. The van der Waals surface area contributed by atoms with Gasteiger partial charge in [0.15, 0.2) is 0 Å². The number of rotatable bonds is 5. The summed E-state index contributed by atoms with van der Waals surface area (Å²) in [7, 11) is 0. The van der Waals surface area contributed by atoms with Crippen LogP contribution in [0.4, 0.5) is 4.79 Å². The van der Waals surface area contributed by atoms with Crippen LogP contribution >= 0.6 is 0 Å². The van der Waals surface area contributed by atoms with Gasteiger partial charge in [0.2, 0.25) is 5.91 Å². The second kappa shape index (κ2) is 6.75. The molecule has 8 nitrogen and oxygen atoms in total. The van der Waals surface area contributed by atoms with Crippen LogP contribution in [-0.4, -0.2) is 65.8 Å². The minimum atomic E-state index is -0.979. The van der Waals surface area contributed by atoms with Crippen molar-refractivity contribution in [3.63, 3.8) is 0 Å². The summed E-state index contributed by atoms with van der Waals surface area (Å²) in [6.07, 6.45) is 1.79. The Morgan fingerprint density at radius 1 is 1.38 bits per heavy atom. The van der Waals surface area contributed by atoms with Crippen LogP contribution in [0.1, 0.15) is 26.2 Å². The lowest BCUT2D eigenvalue weighted by molar-refractivity contribution is -0.137. The molecule has 0 spiro atoms. The maximum atomic E-state index is 12.2. The van der Waals surface area contributed by atoms with Crippen molar-refractivity contribution >= 4 is 17.9 Å². The number of nitrogens with one attached hydrogen (secondary N) is 2. The Morgan fingerprint density at radius 3 is 2.71 bits per heavy atom. The van der Waals surface area contributed by atoms with Crippen molar-refractivity contribution in [3.8, 4) is 0 Å². The molecule has 8 heteroatoms. The molecule has 0 aromatic carbocycles. The lowest BCUT2D eigenvalue weighted by atomic mass is 10.2. The van der Waals surface area contributed by atoms with Crippen LogP contribution < -0.4 is 10.6 Å². The largest absolute Gasteiger partial charge is 0.481 e. The molecular weight excluding hydrogens is 278 g/mol. The van der Waals surface area contributed by atoms with Gasteiger partial charge in [-0.2, -0.15) is 0 Å². The van der Waals surface area contributed by atoms with Crippen molar-refractivity contribution < 1.29 is 24.2 Å². The topological polar surface area (TPSA) is 108 Å². The Bertz CT molecular complexity index is 424. The molecule has 118 valence electrons. The van der Waals surface area contributed by atoms with E-state index in [0.717, 1.165) is 12.8 Å². The fourth-order valence-corrected chi connectivity index (χ4v) is 2.20. The predicted octanol–water partition coefficient (Wildman–Crippen LogP) is -0.461. The Labute approximate surface area is 122 Å². The number of amides is 3. The highest BCUT2D eigenvalue weighted by atomic mass is 16.5. The van der Waals surface area contributed by atoms with E-state index in [1.807, 2.05) is 0 Å². The fraction of sp³-hybridized carbons (Fsp3) is 0.769. The van der Waals surface area contributed by atoms with Gasteiger partial charge in [0.25, 0.3) is 0 Å². The molecule has 1 aliphatic carbocycles. The van der Waals surface area contributed by atoms with E-state index in [0.29, 0.717) is 13.2 Å². The van der Waals surface area contributed by atoms with Crippen LogP contribution in [0.2, 0.25) is 0 Å². The lowest BCUT2D eigenvalue weighted by Crippen LogP contribution is -2.59. The summed E-state index contributed by atoms with van der Waals surface area (Å²) in [6.45, 7) is 2.47. The number of hydrogen-bond acceptors (Lipinski definition) is 4. The van der Waals surface area contributed by atoms with Crippen LogP contribution in [0.3, 0.4) is 0 Å². The highest BCUT2D eigenvalue weighted by molar-refractivity contribution is 5.88. The van der Waals surface area contributed by atoms with Gasteiger partial charge in [0, 0.05) is 18.6 Å². The van der Waals surface area contributed by atoms with Crippen molar-refractivity contribution in [2.24, 2.45) is 0 Å². The van der Waals surface area contributed by atoms with E-state index in [2.05, 4.69) is 10.6 Å². The molecule has 1 saturated heterocycles. The molecule has 21 heavy (non-hydrogen) atoms. The number of nitrogens with zero attached hydrogens (tertiary/aromatic N) is 1. The van der Waals surface area contributed by atoms with Gasteiger partial charge in [-0.25, -0.2) is 4.79 Å². The zero-order valence-corrected chi connectivity index (χ0v) is 12.0. The van der Waals surface area contributed by atoms with Crippen LogP contribution in [0.25, 0.3) is 0 Å². The van der Waals surface area contributed by atoms with Crippen molar-refractivity contribution in [1.82, 2.24) is 15.5 Å². The third-order valence-corrected chi connectivity index (χ3v) is 3.47. The molecule has 3 amide bonds. The number of carboxylic acid groups (broad SMARTS) is 1. The van der Waals surface area contributed by atoms with Crippen LogP contribution in [0, 0.1) is 0 Å². The number of aliphatic carboxylic acids is 1. The SMILES string of the molecule is CC(CC(=O)O)NC(=O)N1CCOCC1C(=O)NC1CC1. The van der Waals surface area contributed by atoms with Crippen molar-refractivity contribution in [3.05, 3.63) is 0 Å². The second-order valence-electron chi connectivity index (χ2n) is 5.52. The minimum absolute atomic E-state index is 0.158. The van der Waals surface area contributed by atoms with E-state index in [1.165, 1.54) is 4.90 Å². The molecule has 2 aliphatic rings. The molecule has 1 aliphatic heterocycles. The molecule has 0 radical (unpaired) electrons. The summed E-state index contributed by atoms with van der Waals surface area (Å²) in [5.41, 5.74) is 0. The molecular formula is C13H21N3O5. The van der Waals surface area contributed by atoms with Gasteiger partial charge in [-0.1, -0.05) is 0 Å². The van der Waals surface area contributed by atoms with E-state index in [9.17, 15) is 14.4 Å². The van der Waals surface area contributed by atoms with E-state index in [-0.39, 0.29) is 25.0 Å². The second-order valence-corrected chi connectivity index (χ2v) is 5.52. The van der Waals surface area contributed by atoms with Gasteiger partial charge in [0.1, 0.15) is 6.04 Å². The molecule has 2 fully saturated rings.